The number of thiazole rings is 1. The van der Waals surface area contributed by atoms with E-state index in [0.717, 1.165) is 41.4 Å². The lowest BCUT2D eigenvalue weighted by atomic mass is 10.2. The van der Waals surface area contributed by atoms with E-state index >= 15 is 0 Å². The molecule has 6 nitrogen and oxygen atoms in total. The Morgan fingerprint density at radius 2 is 2.17 bits per heavy atom. The Kier molecular flexibility index (Phi) is 2.81. The van der Waals surface area contributed by atoms with Crippen LogP contribution in [-0.4, -0.2) is 31.1 Å². The molecule has 1 unspecified atom stereocenters. The molecule has 4 heterocycles. The Morgan fingerprint density at radius 3 is 3.13 bits per heavy atom. The van der Waals surface area contributed by atoms with Gasteiger partial charge in [0.1, 0.15) is 11.3 Å². The standard InChI is InChI=1S/C16H14N6S/c1-2-6-13-11(4-1)19-16(23-13)12-5-3-8-22(12)14-15-20-18-10-21(15)9-7-17-14/h1-2,4,6-7,9-10,12H,3,5,8H2. The first-order valence-electron chi connectivity index (χ1n) is 7.66. The minimum atomic E-state index is 0.266. The third-order valence-electron chi connectivity index (χ3n) is 4.32. The van der Waals surface area contributed by atoms with E-state index in [0.29, 0.717) is 0 Å². The number of hydrogen-bond donors (Lipinski definition) is 0. The van der Waals surface area contributed by atoms with E-state index in [2.05, 4.69) is 38.3 Å². The van der Waals surface area contributed by atoms with Gasteiger partial charge in [-0.1, -0.05) is 12.1 Å². The predicted molar refractivity (Wildman–Crippen MR) is 89.7 cm³/mol. The highest BCUT2D eigenvalue weighted by atomic mass is 32.1. The first-order chi connectivity index (χ1) is 11.4. The van der Waals surface area contributed by atoms with Gasteiger partial charge in [-0.3, -0.25) is 4.40 Å². The molecule has 23 heavy (non-hydrogen) atoms. The number of aromatic nitrogens is 5. The van der Waals surface area contributed by atoms with E-state index in [4.69, 9.17) is 4.98 Å². The highest BCUT2D eigenvalue weighted by molar-refractivity contribution is 7.18. The van der Waals surface area contributed by atoms with Crippen LogP contribution in [0.4, 0.5) is 5.82 Å². The number of anilines is 1. The highest BCUT2D eigenvalue weighted by Gasteiger charge is 2.31. The minimum Gasteiger partial charge on any atom is -0.344 e. The largest absolute Gasteiger partial charge is 0.344 e. The van der Waals surface area contributed by atoms with Gasteiger partial charge in [-0.15, -0.1) is 21.5 Å². The maximum atomic E-state index is 4.84. The van der Waals surface area contributed by atoms with Gasteiger partial charge >= 0.3 is 0 Å². The van der Waals surface area contributed by atoms with Crippen molar-refractivity contribution in [2.75, 3.05) is 11.4 Å². The van der Waals surface area contributed by atoms with E-state index in [1.165, 1.54) is 4.70 Å². The Bertz CT molecular complexity index is 957. The second-order valence-electron chi connectivity index (χ2n) is 5.68. The van der Waals surface area contributed by atoms with E-state index in [1.54, 1.807) is 23.9 Å². The van der Waals surface area contributed by atoms with Crippen molar-refractivity contribution in [2.45, 2.75) is 18.9 Å². The van der Waals surface area contributed by atoms with Crippen LogP contribution in [0.2, 0.25) is 0 Å². The quantitative estimate of drug-likeness (QED) is 0.567. The molecule has 0 N–H and O–H groups in total. The van der Waals surface area contributed by atoms with Crippen LogP contribution in [0.25, 0.3) is 15.9 Å². The molecular weight excluding hydrogens is 308 g/mol. The summed E-state index contributed by atoms with van der Waals surface area (Å²) in [5.74, 6) is 0.895. The van der Waals surface area contributed by atoms with Gasteiger partial charge in [0, 0.05) is 18.9 Å². The molecule has 0 aliphatic carbocycles. The molecule has 3 aromatic heterocycles. The van der Waals surface area contributed by atoms with Crippen molar-refractivity contribution in [3.05, 3.63) is 48.0 Å². The lowest BCUT2D eigenvalue weighted by Crippen LogP contribution is -2.24. The third-order valence-corrected chi connectivity index (χ3v) is 5.46. The molecule has 1 atom stereocenters. The van der Waals surface area contributed by atoms with Crippen molar-refractivity contribution in [3.63, 3.8) is 0 Å². The summed E-state index contributed by atoms with van der Waals surface area (Å²) in [6.07, 6.45) is 7.62. The first-order valence-corrected chi connectivity index (χ1v) is 8.48. The molecule has 7 heteroatoms. The van der Waals surface area contributed by atoms with Crippen LogP contribution < -0.4 is 4.90 Å². The monoisotopic (exact) mass is 322 g/mol. The Morgan fingerprint density at radius 1 is 1.22 bits per heavy atom. The molecular formula is C16H14N6S. The molecule has 0 saturated carbocycles. The zero-order valence-corrected chi connectivity index (χ0v) is 13.1. The van der Waals surface area contributed by atoms with Gasteiger partial charge in [0.15, 0.2) is 5.82 Å². The minimum absolute atomic E-state index is 0.266. The summed E-state index contributed by atoms with van der Waals surface area (Å²) in [4.78, 5) is 11.7. The topological polar surface area (TPSA) is 59.2 Å². The van der Waals surface area contributed by atoms with Crippen LogP contribution in [0.3, 0.4) is 0 Å². The number of rotatable bonds is 2. The van der Waals surface area contributed by atoms with Crippen LogP contribution in [0.15, 0.2) is 43.0 Å². The van der Waals surface area contributed by atoms with Crippen molar-refractivity contribution in [3.8, 4) is 0 Å². The molecule has 4 aromatic rings. The van der Waals surface area contributed by atoms with Gasteiger partial charge in [-0.05, 0) is 25.0 Å². The second-order valence-corrected chi connectivity index (χ2v) is 6.75. The van der Waals surface area contributed by atoms with Crippen molar-refractivity contribution in [2.24, 2.45) is 0 Å². The summed E-state index contributed by atoms with van der Waals surface area (Å²) in [6, 6.07) is 8.58. The van der Waals surface area contributed by atoms with Gasteiger partial charge in [0.25, 0.3) is 0 Å². The van der Waals surface area contributed by atoms with Crippen molar-refractivity contribution >= 4 is 33.0 Å². The molecule has 0 spiro atoms. The molecule has 0 amide bonds. The predicted octanol–water partition coefficient (Wildman–Crippen LogP) is 3.08. The molecule has 1 fully saturated rings. The summed E-state index contributed by atoms with van der Waals surface area (Å²) in [5.41, 5.74) is 1.88. The molecule has 0 bridgehead atoms. The highest BCUT2D eigenvalue weighted by Crippen LogP contribution is 2.39. The average Bonchev–Trinajstić information content (AvgIpc) is 3.31. The molecule has 1 saturated heterocycles. The second kappa shape index (κ2) is 4.99. The molecule has 1 aliphatic rings. The Hall–Kier alpha value is -2.54. The Labute approximate surface area is 136 Å². The number of hydrogen-bond acceptors (Lipinski definition) is 6. The number of fused-ring (bicyclic) bond motifs is 2. The zero-order valence-electron chi connectivity index (χ0n) is 12.3. The zero-order chi connectivity index (χ0) is 15.2. The summed E-state index contributed by atoms with van der Waals surface area (Å²) >= 11 is 1.78. The number of benzene rings is 1. The van der Waals surface area contributed by atoms with E-state index < -0.39 is 0 Å². The lowest BCUT2D eigenvalue weighted by Gasteiger charge is -2.23. The summed E-state index contributed by atoms with van der Waals surface area (Å²) in [6.45, 7) is 0.972. The van der Waals surface area contributed by atoms with Crippen molar-refractivity contribution < 1.29 is 0 Å². The van der Waals surface area contributed by atoms with E-state index in [1.807, 2.05) is 16.7 Å². The molecule has 5 rings (SSSR count). The fourth-order valence-corrected chi connectivity index (χ4v) is 4.37. The first kappa shape index (κ1) is 13.0. The van der Waals surface area contributed by atoms with Gasteiger partial charge in [0.05, 0.1) is 16.3 Å². The third kappa shape index (κ3) is 2.00. The summed E-state index contributed by atoms with van der Waals surface area (Å²) in [5, 5.41) is 9.38. The maximum Gasteiger partial charge on any atom is 0.203 e. The molecule has 1 aromatic carbocycles. The fourth-order valence-electron chi connectivity index (χ4n) is 3.26. The van der Waals surface area contributed by atoms with E-state index in [-0.39, 0.29) is 6.04 Å². The van der Waals surface area contributed by atoms with Crippen LogP contribution in [-0.2, 0) is 0 Å². The normalized spacial score (nSPS) is 18.3. The van der Waals surface area contributed by atoms with Gasteiger partial charge in [0.2, 0.25) is 5.65 Å². The van der Waals surface area contributed by atoms with Gasteiger partial charge in [-0.25, -0.2) is 9.97 Å². The van der Waals surface area contributed by atoms with Crippen LogP contribution in [0, 0.1) is 0 Å². The molecule has 1 aliphatic heterocycles. The van der Waals surface area contributed by atoms with Crippen LogP contribution in [0.5, 0.6) is 0 Å². The molecule has 0 radical (unpaired) electrons. The molecule has 114 valence electrons. The average molecular weight is 322 g/mol. The van der Waals surface area contributed by atoms with Gasteiger partial charge in [-0.2, -0.15) is 0 Å². The van der Waals surface area contributed by atoms with Crippen LogP contribution >= 0.6 is 11.3 Å². The number of nitrogens with zero attached hydrogens (tertiary/aromatic N) is 6. The maximum absolute atomic E-state index is 4.84. The summed E-state index contributed by atoms with van der Waals surface area (Å²) in [7, 11) is 0. The SMILES string of the molecule is c1ccc2sc(C3CCCN3c3nccn4cnnc34)nc2c1. The van der Waals surface area contributed by atoms with Crippen molar-refractivity contribution in [1.29, 1.82) is 0 Å². The smallest absolute Gasteiger partial charge is 0.203 e. The van der Waals surface area contributed by atoms with Gasteiger partial charge < -0.3 is 4.90 Å². The van der Waals surface area contributed by atoms with Crippen LogP contribution in [0.1, 0.15) is 23.9 Å². The lowest BCUT2D eigenvalue weighted by molar-refractivity contribution is 0.707. The van der Waals surface area contributed by atoms with E-state index in [9.17, 15) is 0 Å². The summed E-state index contributed by atoms with van der Waals surface area (Å²) < 4.78 is 3.15. The number of para-hydroxylation sites is 1. The van der Waals surface area contributed by atoms with Crippen molar-refractivity contribution in [1.82, 2.24) is 24.6 Å². The fraction of sp³-hybridized carbons (Fsp3) is 0.250. The Balaban J connectivity index is 1.61.